The highest BCUT2D eigenvalue weighted by atomic mass is 32.2. The Morgan fingerprint density at radius 3 is 2.43 bits per heavy atom. The van der Waals surface area contributed by atoms with Gasteiger partial charge in [-0.25, -0.2) is 35.4 Å². The monoisotopic (exact) mass is 949 g/mol. The Kier molecular flexibility index (Phi) is 12.8. The van der Waals surface area contributed by atoms with Crippen LogP contribution in [0.15, 0.2) is 30.4 Å². The molecular weight excluding hydrogens is 889 g/mol. The number of rotatable bonds is 10. The molecule has 4 heterocycles. The van der Waals surface area contributed by atoms with Crippen molar-refractivity contribution in [3.8, 4) is 11.5 Å². The van der Waals surface area contributed by atoms with Crippen molar-refractivity contribution in [1.82, 2.24) is 25.2 Å². The number of fused-ring (bicyclic) bond motifs is 5. The van der Waals surface area contributed by atoms with Crippen LogP contribution in [0.1, 0.15) is 129 Å². The molecule has 1 spiro atoms. The minimum Gasteiger partial charge on any atom is -0.497 e. The number of carbonyl (C=O) groups excluding carboxylic acids is 4. The van der Waals surface area contributed by atoms with Crippen LogP contribution in [0.5, 0.6) is 11.5 Å². The second-order valence-electron chi connectivity index (χ2n) is 19.9. The van der Waals surface area contributed by atoms with Crippen molar-refractivity contribution in [1.29, 1.82) is 0 Å². The summed E-state index contributed by atoms with van der Waals surface area (Å²) in [6, 6.07) is 1.80. The molecule has 2 saturated carbocycles. The summed E-state index contributed by atoms with van der Waals surface area (Å²) in [5.74, 6) is -7.37. The van der Waals surface area contributed by atoms with E-state index in [0.717, 1.165) is 11.2 Å². The molecule has 65 heavy (non-hydrogen) atoms. The molecule has 2 aromatic rings. The number of alkyl carbamates (subject to hydrolysis) is 1. The van der Waals surface area contributed by atoms with Gasteiger partial charge in [-0.3, -0.25) is 19.1 Å². The molecule has 3 N–H and O–H groups in total. The summed E-state index contributed by atoms with van der Waals surface area (Å²) >= 11 is 0. The predicted molar refractivity (Wildman–Crippen MR) is 237 cm³/mol. The topological polar surface area (TPSA) is 216 Å². The minimum absolute atomic E-state index is 0.0402. The Labute approximate surface area is 379 Å². The first-order valence-electron chi connectivity index (χ1n) is 22.4. The Morgan fingerprint density at radius 2 is 1.80 bits per heavy atom. The molecular formula is C45H61F2N5O11S2. The zero-order valence-electron chi connectivity index (χ0n) is 38.1. The fraction of sp³-hybridized carbons (Fsp3) is 0.667. The summed E-state index contributed by atoms with van der Waals surface area (Å²) < 4.78 is 104. The number of hydrogen-bond donors (Lipinski definition) is 3. The predicted octanol–water partition coefficient (Wildman–Crippen LogP) is 5.67. The maximum atomic E-state index is 17.2. The summed E-state index contributed by atoms with van der Waals surface area (Å²) in [5, 5.41) is 5.58. The molecule has 358 valence electrons. The highest BCUT2D eigenvalue weighted by Crippen LogP contribution is 2.55. The van der Waals surface area contributed by atoms with E-state index in [9.17, 15) is 31.2 Å². The number of benzene rings is 1. The third kappa shape index (κ3) is 9.79. The average molecular weight is 950 g/mol. The molecule has 0 radical (unpaired) electrons. The number of pyridine rings is 1. The largest absolute Gasteiger partial charge is 0.497 e. The summed E-state index contributed by atoms with van der Waals surface area (Å²) in [5.41, 5.74) is -4.79. The Morgan fingerprint density at radius 1 is 1.08 bits per heavy atom. The first-order chi connectivity index (χ1) is 30.2. The number of allylic oxidation sites excluding steroid dienone is 1. The van der Waals surface area contributed by atoms with Gasteiger partial charge < -0.3 is 29.7 Å². The zero-order valence-corrected chi connectivity index (χ0v) is 39.7. The number of sulfonamides is 1. The van der Waals surface area contributed by atoms with Crippen LogP contribution in [0, 0.1) is 5.92 Å². The number of nitrogens with zero attached hydrogens (tertiary/aromatic N) is 2. The lowest BCUT2D eigenvalue weighted by Crippen LogP contribution is -2.70. The summed E-state index contributed by atoms with van der Waals surface area (Å²) in [4.78, 5) is 63.7. The van der Waals surface area contributed by atoms with E-state index >= 15 is 13.6 Å². The molecule has 7 rings (SSSR count). The number of alkyl halides is 2. The molecule has 4 amide bonds. The second-order valence-corrected chi connectivity index (χ2v) is 24.3. The van der Waals surface area contributed by atoms with E-state index in [1.807, 2.05) is 6.08 Å². The van der Waals surface area contributed by atoms with Gasteiger partial charge in [-0.15, -0.1) is 0 Å². The van der Waals surface area contributed by atoms with Crippen molar-refractivity contribution in [2.24, 2.45) is 5.92 Å². The van der Waals surface area contributed by atoms with Crippen LogP contribution in [-0.4, -0.2) is 110 Å². The zero-order chi connectivity index (χ0) is 47.5. The number of amides is 4. The SMILES string of the molecule is COc1ccc2nc(C(C)C)c3c(c2c1)C(F)(F)CC1(CC2C(=O)NC4(C(=O)NS(=O)(=O)C5(C)CC5)CCC4C=CCCCCCC(NC(=O)OC(C)(C)CCS(C)(=O)=O)C(=O)N2C1)O3. The lowest BCUT2D eigenvalue weighted by molar-refractivity contribution is -0.145. The quantitative estimate of drug-likeness (QED) is 0.246. The second kappa shape index (κ2) is 17.2. The third-order valence-corrected chi connectivity index (χ3v) is 16.9. The van der Waals surface area contributed by atoms with Gasteiger partial charge in [0, 0.05) is 30.4 Å². The molecule has 16 nitrogen and oxygen atoms in total. The van der Waals surface area contributed by atoms with Gasteiger partial charge in [0.05, 0.1) is 47.3 Å². The number of ether oxygens (including phenoxy) is 3. The van der Waals surface area contributed by atoms with Crippen molar-refractivity contribution in [3.05, 3.63) is 41.6 Å². The number of aromatic nitrogens is 1. The minimum atomic E-state index is -4.15. The van der Waals surface area contributed by atoms with Crippen LogP contribution in [0.4, 0.5) is 13.6 Å². The molecule has 1 aromatic carbocycles. The molecule has 0 bridgehead atoms. The number of halogens is 2. The molecule has 1 saturated heterocycles. The van der Waals surface area contributed by atoms with Crippen LogP contribution < -0.4 is 24.8 Å². The highest BCUT2D eigenvalue weighted by molar-refractivity contribution is 7.91. The van der Waals surface area contributed by atoms with Crippen molar-refractivity contribution < 1.29 is 59.0 Å². The summed E-state index contributed by atoms with van der Waals surface area (Å²) in [7, 11) is -6.14. The molecule has 20 heteroatoms. The van der Waals surface area contributed by atoms with Gasteiger partial charge in [0.2, 0.25) is 21.8 Å². The Bertz CT molecular complexity index is 2510. The van der Waals surface area contributed by atoms with E-state index < -0.39 is 120 Å². The van der Waals surface area contributed by atoms with Crippen molar-refractivity contribution in [2.75, 3.05) is 25.7 Å². The van der Waals surface area contributed by atoms with E-state index in [1.54, 1.807) is 32.1 Å². The van der Waals surface area contributed by atoms with Crippen LogP contribution in [0.3, 0.4) is 0 Å². The fourth-order valence-electron chi connectivity index (χ4n) is 9.44. The van der Waals surface area contributed by atoms with Crippen molar-refractivity contribution in [3.63, 3.8) is 0 Å². The Hall–Kier alpha value is -4.59. The number of nitrogens with one attached hydrogen (secondary N) is 3. The molecule has 5 aliphatic rings. The number of methoxy groups -OCH3 is 1. The summed E-state index contributed by atoms with van der Waals surface area (Å²) in [6.07, 6.45) is 5.74. The van der Waals surface area contributed by atoms with Crippen LogP contribution in [-0.2, 0) is 44.9 Å². The van der Waals surface area contributed by atoms with Crippen LogP contribution in [0.2, 0.25) is 0 Å². The molecule has 3 fully saturated rings. The number of carbonyl (C=O) groups is 4. The standard InChI is InChI=1S/C45H61F2N5O11S2/c1-27(2)35-36-34(30-23-29(61-6)15-16-31(30)48-35)45(46,47)25-43(62-36)24-33-37(53)50-44(39(55)51-65(59,60)42(5)19-20-42)18-17-28(44)13-11-9-8-10-12-14-32(38(54)52(33)26-43)49-40(56)63-41(3,4)21-22-64(7,57)58/h11,13,15-16,23,27-28,32-33H,8-10,12,14,17-22,24-26H2,1-7H3,(H,49,56)(H,50,53)(H,51,55). The first-order valence-corrected chi connectivity index (χ1v) is 25.9. The molecule has 5 atom stereocenters. The summed E-state index contributed by atoms with van der Waals surface area (Å²) in [6.45, 7) is 7.63. The van der Waals surface area contributed by atoms with Gasteiger partial charge in [-0.2, -0.15) is 0 Å². The number of hydrogen-bond acceptors (Lipinski definition) is 12. The smallest absolute Gasteiger partial charge is 0.408 e. The van der Waals surface area contributed by atoms with Crippen LogP contribution in [0.25, 0.3) is 10.9 Å². The maximum absolute atomic E-state index is 17.2. The van der Waals surface area contributed by atoms with Crippen molar-refractivity contribution in [2.45, 2.75) is 157 Å². The normalized spacial score (nSPS) is 27.8. The van der Waals surface area contributed by atoms with Gasteiger partial charge in [0.25, 0.3) is 11.8 Å². The molecule has 3 aliphatic heterocycles. The van der Waals surface area contributed by atoms with Gasteiger partial charge in [0.15, 0.2) is 5.75 Å². The molecule has 5 unspecified atom stereocenters. The average Bonchev–Trinajstić information content (AvgIpc) is 3.87. The maximum Gasteiger partial charge on any atom is 0.408 e. The van der Waals surface area contributed by atoms with Crippen LogP contribution >= 0.6 is 0 Å². The first kappa shape index (κ1) is 48.3. The van der Waals surface area contributed by atoms with Crippen molar-refractivity contribution >= 4 is 54.6 Å². The lowest BCUT2D eigenvalue weighted by atomic mass is 9.65. The van der Waals surface area contributed by atoms with Gasteiger partial charge in [0.1, 0.15) is 44.4 Å². The van der Waals surface area contributed by atoms with E-state index in [0.29, 0.717) is 56.2 Å². The highest BCUT2D eigenvalue weighted by Gasteiger charge is 2.62. The van der Waals surface area contributed by atoms with Gasteiger partial charge in [-0.1, -0.05) is 38.8 Å². The van der Waals surface area contributed by atoms with E-state index in [1.165, 1.54) is 33.9 Å². The molecule has 2 aliphatic carbocycles. The van der Waals surface area contributed by atoms with Gasteiger partial charge in [-0.05, 0) is 89.8 Å². The lowest BCUT2D eigenvalue weighted by Gasteiger charge is -2.48. The molecule has 1 aromatic heterocycles. The Balaban J connectivity index is 1.29. The van der Waals surface area contributed by atoms with E-state index in [2.05, 4.69) is 15.4 Å². The van der Waals surface area contributed by atoms with E-state index in [4.69, 9.17) is 19.2 Å². The third-order valence-electron chi connectivity index (χ3n) is 13.8. The number of sulfone groups is 1. The fourth-order valence-corrected chi connectivity index (χ4v) is 11.6. The van der Waals surface area contributed by atoms with E-state index in [-0.39, 0.29) is 41.8 Å². The van der Waals surface area contributed by atoms with Gasteiger partial charge >= 0.3 is 6.09 Å².